The van der Waals surface area contributed by atoms with Crippen molar-refractivity contribution >= 4 is 6.03 Å². The number of carbonyl (C=O) groups excluding carboxylic acids is 1. The molecule has 0 aliphatic carbocycles. The summed E-state index contributed by atoms with van der Waals surface area (Å²) in [5, 5.41) is 9.56. The molecule has 0 bridgehead atoms. The smallest absolute Gasteiger partial charge is 0.329 e. The van der Waals surface area contributed by atoms with Crippen LogP contribution in [-0.2, 0) is 6.54 Å². The van der Waals surface area contributed by atoms with Crippen LogP contribution in [0, 0.1) is 5.82 Å². The van der Waals surface area contributed by atoms with Gasteiger partial charge in [-0.3, -0.25) is 9.47 Å². The molecule has 0 spiro atoms. The third-order valence-electron chi connectivity index (χ3n) is 5.70. The normalized spacial score (nSPS) is 15.3. The Morgan fingerprint density at radius 1 is 1.20 bits per heavy atom. The number of phenolic OH excluding ortho intramolecular Hbond substituents is 1. The number of halogens is 1. The van der Waals surface area contributed by atoms with Gasteiger partial charge in [0.25, 0.3) is 0 Å². The third-order valence-corrected chi connectivity index (χ3v) is 5.70. The number of piperidine rings is 1. The zero-order chi connectivity index (χ0) is 21.1. The second-order valence-electron chi connectivity index (χ2n) is 7.72. The first-order chi connectivity index (χ1) is 14.5. The standard InChI is InChI=1S/C23H25FN4O2/c1-26(19-9-11-27(12-10-19)14-17-5-3-2-4-6-17)23(30)28-15-21(25-16-28)18-7-8-20(24)22(29)13-18/h2-8,13,15-16,19,29H,9-12,14H2,1H3. The summed E-state index contributed by atoms with van der Waals surface area (Å²) in [5.74, 6) is -1.12. The maximum absolute atomic E-state index is 13.3. The Kier molecular flexibility index (Phi) is 5.81. The predicted molar refractivity (Wildman–Crippen MR) is 113 cm³/mol. The number of nitrogens with zero attached hydrogens (tertiary/aromatic N) is 4. The van der Waals surface area contributed by atoms with Crippen molar-refractivity contribution in [2.45, 2.75) is 25.4 Å². The van der Waals surface area contributed by atoms with Crippen LogP contribution in [0.3, 0.4) is 0 Å². The first-order valence-corrected chi connectivity index (χ1v) is 10.1. The topological polar surface area (TPSA) is 61.6 Å². The molecule has 156 valence electrons. The maximum atomic E-state index is 13.3. The Balaban J connectivity index is 1.36. The summed E-state index contributed by atoms with van der Waals surface area (Å²) in [6.45, 7) is 2.82. The molecule has 1 aliphatic heterocycles. The lowest BCUT2D eigenvalue weighted by molar-refractivity contribution is 0.132. The van der Waals surface area contributed by atoms with Gasteiger partial charge < -0.3 is 10.0 Å². The summed E-state index contributed by atoms with van der Waals surface area (Å²) < 4.78 is 14.7. The fourth-order valence-electron chi connectivity index (χ4n) is 3.89. The highest BCUT2D eigenvalue weighted by Crippen LogP contribution is 2.25. The molecule has 0 radical (unpaired) electrons. The molecule has 1 aliphatic rings. The van der Waals surface area contributed by atoms with E-state index in [4.69, 9.17) is 0 Å². The minimum Gasteiger partial charge on any atom is -0.505 e. The van der Waals surface area contributed by atoms with Crippen LogP contribution in [0.25, 0.3) is 11.3 Å². The van der Waals surface area contributed by atoms with E-state index in [1.165, 1.54) is 34.7 Å². The number of hydrogen-bond donors (Lipinski definition) is 1. The Morgan fingerprint density at radius 3 is 2.63 bits per heavy atom. The zero-order valence-electron chi connectivity index (χ0n) is 16.9. The first-order valence-electron chi connectivity index (χ1n) is 10.1. The van der Waals surface area contributed by atoms with Crippen molar-refractivity contribution in [2.24, 2.45) is 0 Å². The van der Waals surface area contributed by atoms with Crippen molar-refractivity contribution in [1.82, 2.24) is 19.4 Å². The van der Waals surface area contributed by atoms with Crippen molar-refractivity contribution in [3.63, 3.8) is 0 Å². The highest BCUT2D eigenvalue weighted by molar-refractivity contribution is 5.78. The molecule has 0 saturated carbocycles. The lowest BCUT2D eigenvalue weighted by Crippen LogP contribution is -2.46. The molecule has 1 aromatic heterocycles. The van der Waals surface area contributed by atoms with E-state index in [1.54, 1.807) is 11.1 Å². The van der Waals surface area contributed by atoms with Crippen LogP contribution in [0.15, 0.2) is 61.1 Å². The summed E-state index contributed by atoms with van der Waals surface area (Å²) in [6, 6.07) is 14.4. The molecule has 6 nitrogen and oxygen atoms in total. The minimum absolute atomic E-state index is 0.151. The van der Waals surface area contributed by atoms with E-state index >= 15 is 0 Å². The molecular weight excluding hydrogens is 383 g/mol. The molecule has 0 unspecified atom stereocenters. The zero-order valence-corrected chi connectivity index (χ0v) is 16.9. The molecular formula is C23H25FN4O2. The monoisotopic (exact) mass is 408 g/mol. The average Bonchev–Trinajstić information content (AvgIpc) is 3.26. The highest BCUT2D eigenvalue weighted by Gasteiger charge is 2.26. The minimum atomic E-state index is -0.687. The van der Waals surface area contributed by atoms with Crippen molar-refractivity contribution in [3.05, 3.63) is 72.4 Å². The highest BCUT2D eigenvalue weighted by atomic mass is 19.1. The first kappa shape index (κ1) is 20.1. The van der Waals surface area contributed by atoms with Crippen LogP contribution in [-0.4, -0.2) is 56.7 Å². The summed E-state index contributed by atoms with van der Waals surface area (Å²) in [5.41, 5.74) is 2.36. The number of hydrogen-bond acceptors (Lipinski definition) is 4. The SMILES string of the molecule is CN(C(=O)n1cnc(-c2ccc(F)c(O)c2)c1)C1CCN(Cc2ccccc2)CC1. The van der Waals surface area contributed by atoms with E-state index in [9.17, 15) is 14.3 Å². The molecule has 0 atom stereocenters. The lowest BCUT2D eigenvalue weighted by Gasteiger charge is -2.36. The van der Waals surface area contributed by atoms with E-state index in [-0.39, 0.29) is 12.1 Å². The van der Waals surface area contributed by atoms with E-state index in [2.05, 4.69) is 34.1 Å². The molecule has 1 saturated heterocycles. The number of phenols is 1. The van der Waals surface area contributed by atoms with E-state index in [1.807, 2.05) is 13.1 Å². The van der Waals surface area contributed by atoms with Gasteiger partial charge in [0.05, 0.1) is 5.69 Å². The molecule has 4 rings (SSSR count). The summed E-state index contributed by atoms with van der Waals surface area (Å²) in [6.07, 6.45) is 4.90. The number of rotatable bonds is 4. The summed E-state index contributed by atoms with van der Waals surface area (Å²) in [7, 11) is 1.82. The van der Waals surface area contributed by atoms with Gasteiger partial charge in [-0.2, -0.15) is 0 Å². The van der Waals surface area contributed by atoms with Crippen LogP contribution in [0.4, 0.5) is 9.18 Å². The molecule has 1 N–H and O–H groups in total. The van der Waals surface area contributed by atoms with E-state index < -0.39 is 11.6 Å². The fraction of sp³-hybridized carbons (Fsp3) is 0.304. The number of aromatic nitrogens is 2. The Bertz CT molecular complexity index is 1010. The number of benzene rings is 2. The van der Waals surface area contributed by atoms with Crippen LogP contribution < -0.4 is 0 Å². The molecule has 7 heteroatoms. The molecule has 1 fully saturated rings. The predicted octanol–water partition coefficient (Wildman–Crippen LogP) is 3.96. The van der Waals surface area contributed by atoms with Crippen LogP contribution >= 0.6 is 0 Å². The second-order valence-corrected chi connectivity index (χ2v) is 7.72. The van der Waals surface area contributed by atoms with Gasteiger partial charge in [0, 0.05) is 44.5 Å². The Morgan fingerprint density at radius 2 is 1.93 bits per heavy atom. The third kappa shape index (κ3) is 4.36. The van der Waals surface area contributed by atoms with Crippen molar-refractivity contribution in [3.8, 4) is 17.0 Å². The average molecular weight is 408 g/mol. The fourth-order valence-corrected chi connectivity index (χ4v) is 3.89. The number of likely N-dealkylation sites (tertiary alicyclic amines) is 1. The number of aromatic hydroxyl groups is 1. The quantitative estimate of drug-likeness (QED) is 0.710. The molecule has 3 aromatic rings. The van der Waals surface area contributed by atoms with Gasteiger partial charge >= 0.3 is 6.03 Å². The van der Waals surface area contributed by atoms with Crippen LogP contribution in [0.1, 0.15) is 18.4 Å². The Hall–Kier alpha value is -3.19. The summed E-state index contributed by atoms with van der Waals surface area (Å²) >= 11 is 0. The summed E-state index contributed by atoms with van der Waals surface area (Å²) in [4.78, 5) is 21.3. The molecule has 2 heterocycles. The lowest BCUT2D eigenvalue weighted by atomic mass is 10.0. The van der Waals surface area contributed by atoms with Gasteiger partial charge in [0.1, 0.15) is 6.33 Å². The largest absolute Gasteiger partial charge is 0.505 e. The van der Waals surface area contributed by atoms with Gasteiger partial charge in [-0.15, -0.1) is 0 Å². The van der Waals surface area contributed by atoms with Crippen LogP contribution in [0.5, 0.6) is 5.75 Å². The molecule has 2 aromatic carbocycles. The molecule has 1 amide bonds. The van der Waals surface area contributed by atoms with Crippen molar-refractivity contribution in [2.75, 3.05) is 20.1 Å². The second kappa shape index (κ2) is 8.67. The van der Waals surface area contributed by atoms with Crippen LogP contribution in [0.2, 0.25) is 0 Å². The van der Waals surface area contributed by atoms with E-state index in [0.717, 1.165) is 32.5 Å². The molecule has 30 heavy (non-hydrogen) atoms. The van der Waals surface area contributed by atoms with Gasteiger partial charge in [-0.1, -0.05) is 30.3 Å². The van der Waals surface area contributed by atoms with Gasteiger partial charge in [-0.25, -0.2) is 14.2 Å². The maximum Gasteiger partial charge on any atom is 0.329 e. The number of carbonyl (C=O) groups is 1. The van der Waals surface area contributed by atoms with Crippen molar-refractivity contribution < 1.29 is 14.3 Å². The van der Waals surface area contributed by atoms with Gasteiger partial charge in [0.2, 0.25) is 0 Å². The van der Waals surface area contributed by atoms with Crippen molar-refractivity contribution in [1.29, 1.82) is 0 Å². The van der Waals surface area contributed by atoms with E-state index in [0.29, 0.717) is 11.3 Å². The number of imidazole rings is 1. The van der Waals surface area contributed by atoms with Gasteiger partial charge in [0.15, 0.2) is 11.6 Å². The van der Waals surface area contributed by atoms with Gasteiger partial charge in [-0.05, 0) is 36.6 Å². The number of amides is 1. The Labute approximate surface area is 175 Å².